The van der Waals surface area contributed by atoms with E-state index in [0.29, 0.717) is 5.82 Å². The number of hydrogen-bond donors (Lipinski definition) is 1. The number of aryl methyl sites for hydroxylation is 1. The maximum Gasteiger partial charge on any atom is 0.230 e. The monoisotopic (exact) mass is 363 g/mol. The molecular formula is C21H25N5O. The maximum atomic E-state index is 5.64. The van der Waals surface area contributed by atoms with E-state index in [1.807, 2.05) is 6.20 Å². The van der Waals surface area contributed by atoms with Crippen molar-refractivity contribution in [2.45, 2.75) is 51.0 Å². The molecule has 0 amide bonds. The van der Waals surface area contributed by atoms with Gasteiger partial charge in [-0.05, 0) is 62.4 Å². The molecule has 0 saturated carbocycles. The molecule has 1 fully saturated rings. The molecule has 0 radical (unpaired) electrons. The summed E-state index contributed by atoms with van der Waals surface area (Å²) in [5, 5.41) is 11.5. The summed E-state index contributed by atoms with van der Waals surface area (Å²) in [5.74, 6) is 1.73. The van der Waals surface area contributed by atoms with E-state index < -0.39 is 0 Å². The van der Waals surface area contributed by atoms with Crippen LogP contribution in [0.25, 0.3) is 11.4 Å². The number of fused-ring (bicyclic) bond motifs is 1. The predicted molar refractivity (Wildman–Crippen MR) is 102 cm³/mol. The molecule has 1 unspecified atom stereocenters. The summed E-state index contributed by atoms with van der Waals surface area (Å²) in [4.78, 5) is 7.26. The van der Waals surface area contributed by atoms with Crippen LogP contribution in [0.5, 0.6) is 0 Å². The number of benzene rings is 1. The first-order chi connectivity index (χ1) is 13.3. The van der Waals surface area contributed by atoms with Gasteiger partial charge in [0.2, 0.25) is 11.7 Å². The Bertz CT molecular complexity index is 909. The first kappa shape index (κ1) is 16.7. The highest BCUT2D eigenvalue weighted by atomic mass is 16.5. The molecule has 6 nitrogen and oxygen atoms in total. The Morgan fingerprint density at radius 3 is 3.04 bits per heavy atom. The Hall–Kier alpha value is -2.47. The van der Waals surface area contributed by atoms with Crippen molar-refractivity contribution in [3.05, 3.63) is 53.2 Å². The molecule has 3 aromatic rings. The van der Waals surface area contributed by atoms with E-state index in [1.54, 1.807) is 0 Å². The number of H-pyrrole nitrogens is 1. The zero-order valence-electron chi connectivity index (χ0n) is 15.5. The summed E-state index contributed by atoms with van der Waals surface area (Å²) in [6.07, 6.45) is 8.84. The highest BCUT2D eigenvalue weighted by molar-refractivity contribution is 5.55. The molecule has 5 rings (SSSR count). The van der Waals surface area contributed by atoms with Gasteiger partial charge in [-0.2, -0.15) is 10.1 Å². The first-order valence-electron chi connectivity index (χ1n) is 10.0. The average molecular weight is 363 g/mol. The molecule has 27 heavy (non-hydrogen) atoms. The van der Waals surface area contributed by atoms with Gasteiger partial charge in [0.15, 0.2) is 0 Å². The number of nitrogens with zero attached hydrogens (tertiary/aromatic N) is 4. The number of likely N-dealkylation sites (tertiary alicyclic amines) is 1. The Morgan fingerprint density at radius 1 is 1.19 bits per heavy atom. The highest BCUT2D eigenvalue weighted by Crippen LogP contribution is 2.32. The maximum absolute atomic E-state index is 5.64. The molecule has 2 aliphatic rings. The van der Waals surface area contributed by atoms with Gasteiger partial charge in [0.05, 0.1) is 6.20 Å². The van der Waals surface area contributed by atoms with E-state index in [-0.39, 0.29) is 5.92 Å². The van der Waals surface area contributed by atoms with Crippen molar-refractivity contribution in [2.75, 3.05) is 13.1 Å². The minimum absolute atomic E-state index is 0.285. The Labute approximate surface area is 159 Å². The lowest BCUT2D eigenvalue weighted by Gasteiger charge is -2.26. The molecule has 2 aromatic heterocycles. The zero-order chi connectivity index (χ0) is 18.1. The number of hydrogen-bond acceptors (Lipinski definition) is 5. The van der Waals surface area contributed by atoms with Gasteiger partial charge >= 0.3 is 0 Å². The smallest absolute Gasteiger partial charge is 0.230 e. The number of aromatic amines is 1. The molecular weight excluding hydrogens is 338 g/mol. The van der Waals surface area contributed by atoms with Crippen molar-refractivity contribution >= 4 is 0 Å². The van der Waals surface area contributed by atoms with Crippen LogP contribution < -0.4 is 0 Å². The lowest BCUT2D eigenvalue weighted by Crippen LogP contribution is -2.29. The second-order valence-corrected chi connectivity index (χ2v) is 7.81. The van der Waals surface area contributed by atoms with Gasteiger partial charge in [0, 0.05) is 23.7 Å². The third-order valence-corrected chi connectivity index (χ3v) is 5.85. The van der Waals surface area contributed by atoms with E-state index in [2.05, 4.69) is 44.5 Å². The zero-order valence-corrected chi connectivity index (χ0v) is 15.5. The molecule has 1 aliphatic carbocycles. The van der Waals surface area contributed by atoms with Gasteiger partial charge in [-0.3, -0.25) is 10.00 Å². The van der Waals surface area contributed by atoms with Crippen LogP contribution in [-0.4, -0.2) is 38.3 Å². The number of rotatable bonds is 4. The second-order valence-electron chi connectivity index (χ2n) is 7.81. The van der Waals surface area contributed by atoms with Crippen LogP contribution >= 0.6 is 0 Å². The topological polar surface area (TPSA) is 70.8 Å². The van der Waals surface area contributed by atoms with Crippen molar-refractivity contribution in [1.29, 1.82) is 0 Å². The normalized spacial score (nSPS) is 20.5. The predicted octanol–water partition coefficient (Wildman–Crippen LogP) is 3.72. The van der Waals surface area contributed by atoms with Gasteiger partial charge < -0.3 is 4.52 Å². The largest absolute Gasteiger partial charge is 0.339 e. The first-order valence-corrected chi connectivity index (χ1v) is 10.0. The SMILES string of the molecule is c1cc(CN2CCCCC2)cc(-c2noc(C3CCc4[nH]ncc4C3)n2)c1. The summed E-state index contributed by atoms with van der Waals surface area (Å²) in [7, 11) is 0. The fourth-order valence-electron chi connectivity index (χ4n) is 4.33. The fraction of sp³-hybridized carbons (Fsp3) is 0.476. The standard InChI is InChI=1S/C21H25N5O/c1-2-9-26(10-3-1)14-15-5-4-6-16(11-15)20-23-21(27-25-20)17-7-8-19-18(12-17)13-22-24-19/h4-6,11,13,17H,1-3,7-10,12,14H2,(H,22,24). The summed E-state index contributed by atoms with van der Waals surface area (Å²) in [6, 6.07) is 8.57. The van der Waals surface area contributed by atoms with Gasteiger partial charge in [0.25, 0.3) is 0 Å². The molecule has 140 valence electrons. The van der Waals surface area contributed by atoms with E-state index in [9.17, 15) is 0 Å². The Morgan fingerprint density at radius 2 is 2.11 bits per heavy atom. The molecule has 0 bridgehead atoms. The minimum atomic E-state index is 0.285. The van der Waals surface area contributed by atoms with Crippen molar-refractivity contribution in [3.63, 3.8) is 0 Å². The third kappa shape index (κ3) is 3.54. The summed E-state index contributed by atoms with van der Waals surface area (Å²) < 4.78 is 5.64. The third-order valence-electron chi connectivity index (χ3n) is 5.85. The number of nitrogens with one attached hydrogen (secondary N) is 1. The number of aromatic nitrogens is 4. The van der Waals surface area contributed by atoms with E-state index >= 15 is 0 Å². The highest BCUT2D eigenvalue weighted by Gasteiger charge is 2.26. The van der Waals surface area contributed by atoms with Gasteiger partial charge in [-0.1, -0.05) is 29.8 Å². The van der Waals surface area contributed by atoms with Crippen molar-refractivity contribution in [2.24, 2.45) is 0 Å². The van der Waals surface area contributed by atoms with Crippen molar-refractivity contribution < 1.29 is 4.52 Å². The van der Waals surface area contributed by atoms with Gasteiger partial charge in [-0.15, -0.1) is 0 Å². The average Bonchev–Trinajstić information content (AvgIpc) is 3.38. The van der Waals surface area contributed by atoms with Crippen molar-refractivity contribution in [1.82, 2.24) is 25.2 Å². The Balaban J connectivity index is 1.31. The van der Waals surface area contributed by atoms with Crippen LogP contribution in [0.4, 0.5) is 0 Å². The molecule has 6 heteroatoms. The van der Waals surface area contributed by atoms with Crippen LogP contribution in [0.15, 0.2) is 35.0 Å². The van der Waals surface area contributed by atoms with Crippen molar-refractivity contribution in [3.8, 4) is 11.4 Å². The van der Waals surface area contributed by atoms with Crippen LogP contribution in [-0.2, 0) is 19.4 Å². The van der Waals surface area contributed by atoms with Crippen LogP contribution in [0, 0.1) is 0 Å². The summed E-state index contributed by atoms with van der Waals surface area (Å²) >= 11 is 0. The lowest BCUT2D eigenvalue weighted by atomic mass is 9.88. The minimum Gasteiger partial charge on any atom is -0.339 e. The fourth-order valence-corrected chi connectivity index (χ4v) is 4.33. The van der Waals surface area contributed by atoms with Crippen LogP contribution in [0.2, 0.25) is 0 Å². The summed E-state index contributed by atoms with van der Waals surface area (Å²) in [6.45, 7) is 3.41. The Kier molecular flexibility index (Phi) is 4.49. The van der Waals surface area contributed by atoms with E-state index in [0.717, 1.165) is 37.3 Å². The molecule has 1 aromatic carbocycles. The molecule has 1 N–H and O–H groups in total. The van der Waals surface area contributed by atoms with Gasteiger partial charge in [-0.25, -0.2) is 0 Å². The molecule has 0 spiro atoms. The molecule has 3 heterocycles. The summed E-state index contributed by atoms with van der Waals surface area (Å²) in [5.41, 5.74) is 4.88. The molecule has 1 saturated heterocycles. The van der Waals surface area contributed by atoms with Gasteiger partial charge in [0.1, 0.15) is 0 Å². The van der Waals surface area contributed by atoms with Crippen LogP contribution in [0.3, 0.4) is 0 Å². The second kappa shape index (κ2) is 7.27. The molecule has 1 aliphatic heterocycles. The molecule has 1 atom stereocenters. The van der Waals surface area contributed by atoms with E-state index in [4.69, 9.17) is 9.51 Å². The van der Waals surface area contributed by atoms with Crippen LogP contribution in [0.1, 0.15) is 54.3 Å². The quantitative estimate of drug-likeness (QED) is 0.765. The number of piperidine rings is 1. The van der Waals surface area contributed by atoms with E-state index in [1.165, 1.54) is 49.2 Å². The lowest BCUT2D eigenvalue weighted by molar-refractivity contribution is 0.221.